The molecule has 0 fully saturated rings. The van der Waals surface area contributed by atoms with Crippen LogP contribution in [-0.4, -0.2) is 25.7 Å². The lowest BCUT2D eigenvalue weighted by Crippen LogP contribution is -2.30. The summed E-state index contributed by atoms with van der Waals surface area (Å²) in [6.45, 7) is 1.59. The van der Waals surface area contributed by atoms with Crippen LogP contribution in [0.15, 0.2) is 54.9 Å². The van der Waals surface area contributed by atoms with E-state index in [4.69, 9.17) is 5.84 Å². The van der Waals surface area contributed by atoms with Crippen molar-refractivity contribution in [2.45, 2.75) is 13.1 Å². The highest BCUT2D eigenvalue weighted by atomic mass is 19.4. The van der Waals surface area contributed by atoms with Gasteiger partial charge in [-0.1, -0.05) is 12.1 Å². The topological polar surface area (TPSA) is 98.7 Å². The Morgan fingerprint density at radius 3 is 2.50 bits per heavy atom. The summed E-state index contributed by atoms with van der Waals surface area (Å²) in [7, 11) is 0. The molecule has 0 aliphatic carbocycles. The van der Waals surface area contributed by atoms with Crippen LogP contribution in [0.4, 0.5) is 13.2 Å². The van der Waals surface area contributed by atoms with Crippen molar-refractivity contribution in [3.05, 3.63) is 71.7 Å². The standard InChI is InChI=1S/C20H15F3N6O/c1-11-17-13(19(30)27-24)10-15(12-6-8-25-9-7-12)26-18(17)29(28-11)16-5-3-2-4-14(16)20(21,22)23/h2-10H,24H2,1H3,(H,27,30). The Balaban J connectivity index is 2.08. The van der Waals surface area contributed by atoms with Gasteiger partial charge in [-0.05, 0) is 37.3 Å². The Bertz CT molecular complexity index is 1250. The van der Waals surface area contributed by atoms with Crippen molar-refractivity contribution < 1.29 is 18.0 Å². The zero-order valence-electron chi connectivity index (χ0n) is 15.6. The number of carbonyl (C=O) groups is 1. The van der Waals surface area contributed by atoms with E-state index in [1.807, 2.05) is 0 Å². The molecular formula is C20H15F3N6O. The molecule has 0 spiro atoms. The number of aromatic nitrogens is 4. The molecule has 0 atom stereocenters. The van der Waals surface area contributed by atoms with Crippen molar-refractivity contribution in [1.29, 1.82) is 0 Å². The van der Waals surface area contributed by atoms with Crippen LogP contribution in [0, 0.1) is 6.92 Å². The molecule has 3 N–H and O–H groups in total. The third-order valence-electron chi connectivity index (χ3n) is 4.60. The Kier molecular flexibility index (Phi) is 4.70. The second-order valence-corrected chi connectivity index (χ2v) is 6.48. The average Bonchev–Trinajstić information content (AvgIpc) is 3.09. The second kappa shape index (κ2) is 7.23. The highest BCUT2D eigenvalue weighted by Gasteiger charge is 2.34. The normalized spacial score (nSPS) is 11.6. The first-order valence-corrected chi connectivity index (χ1v) is 8.79. The number of amides is 1. The summed E-state index contributed by atoms with van der Waals surface area (Å²) in [5, 5.41) is 4.58. The summed E-state index contributed by atoms with van der Waals surface area (Å²) < 4.78 is 41.9. The van der Waals surface area contributed by atoms with Crippen molar-refractivity contribution >= 4 is 16.9 Å². The van der Waals surface area contributed by atoms with Crippen LogP contribution >= 0.6 is 0 Å². The van der Waals surface area contributed by atoms with Gasteiger partial charge in [0, 0.05) is 18.0 Å². The molecule has 0 unspecified atom stereocenters. The third-order valence-corrected chi connectivity index (χ3v) is 4.60. The minimum absolute atomic E-state index is 0.108. The highest BCUT2D eigenvalue weighted by molar-refractivity contribution is 6.07. The Morgan fingerprint density at radius 1 is 1.13 bits per heavy atom. The van der Waals surface area contributed by atoms with Crippen LogP contribution in [-0.2, 0) is 6.18 Å². The first-order chi connectivity index (χ1) is 14.3. The highest BCUT2D eigenvalue weighted by Crippen LogP contribution is 2.36. The van der Waals surface area contributed by atoms with Gasteiger partial charge in [-0.25, -0.2) is 15.5 Å². The fourth-order valence-corrected chi connectivity index (χ4v) is 3.28. The predicted molar refractivity (Wildman–Crippen MR) is 103 cm³/mol. The number of nitrogen functional groups attached to an aromatic ring is 1. The number of aryl methyl sites for hydroxylation is 1. The minimum atomic E-state index is -4.59. The number of fused-ring (bicyclic) bond motifs is 1. The van der Waals surface area contributed by atoms with Gasteiger partial charge in [0.15, 0.2) is 5.65 Å². The van der Waals surface area contributed by atoms with Gasteiger partial charge in [0.2, 0.25) is 0 Å². The zero-order valence-corrected chi connectivity index (χ0v) is 15.6. The summed E-state index contributed by atoms with van der Waals surface area (Å²) in [4.78, 5) is 20.9. The monoisotopic (exact) mass is 412 g/mol. The molecule has 3 heterocycles. The van der Waals surface area contributed by atoms with Gasteiger partial charge in [-0.2, -0.15) is 18.3 Å². The number of rotatable bonds is 3. The van der Waals surface area contributed by atoms with Gasteiger partial charge in [0.05, 0.1) is 33.6 Å². The van der Waals surface area contributed by atoms with Crippen LogP contribution < -0.4 is 11.3 Å². The maximum absolute atomic E-state index is 13.6. The third kappa shape index (κ3) is 3.26. The molecule has 30 heavy (non-hydrogen) atoms. The number of nitrogens with two attached hydrogens (primary N) is 1. The molecule has 10 heteroatoms. The van der Waals surface area contributed by atoms with Crippen molar-refractivity contribution in [2.24, 2.45) is 5.84 Å². The minimum Gasteiger partial charge on any atom is -0.290 e. The van der Waals surface area contributed by atoms with E-state index in [0.29, 0.717) is 22.3 Å². The number of pyridine rings is 2. The number of halogens is 3. The van der Waals surface area contributed by atoms with E-state index in [1.54, 1.807) is 31.5 Å². The summed E-state index contributed by atoms with van der Waals surface area (Å²) in [5.74, 6) is 4.72. The average molecular weight is 412 g/mol. The fourth-order valence-electron chi connectivity index (χ4n) is 3.28. The van der Waals surface area contributed by atoms with Crippen molar-refractivity contribution in [3.8, 4) is 16.9 Å². The summed E-state index contributed by atoms with van der Waals surface area (Å²) in [5.41, 5.74) is 2.62. The molecule has 0 aliphatic heterocycles. The van der Waals surface area contributed by atoms with Crippen molar-refractivity contribution in [1.82, 2.24) is 25.2 Å². The van der Waals surface area contributed by atoms with Crippen LogP contribution in [0.5, 0.6) is 0 Å². The number of nitrogens with zero attached hydrogens (tertiary/aromatic N) is 4. The molecule has 4 rings (SSSR count). The Morgan fingerprint density at radius 2 is 1.83 bits per heavy atom. The summed E-state index contributed by atoms with van der Waals surface area (Å²) in [6, 6.07) is 9.93. The molecule has 0 bridgehead atoms. The number of carbonyl (C=O) groups excluding carboxylic acids is 1. The number of nitrogens with one attached hydrogen (secondary N) is 1. The van der Waals surface area contributed by atoms with E-state index in [0.717, 1.165) is 10.7 Å². The van der Waals surface area contributed by atoms with Gasteiger partial charge in [0.1, 0.15) is 0 Å². The lowest BCUT2D eigenvalue weighted by molar-refractivity contribution is -0.137. The van der Waals surface area contributed by atoms with Crippen LogP contribution in [0.3, 0.4) is 0 Å². The molecule has 1 aromatic carbocycles. The molecule has 0 radical (unpaired) electrons. The summed E-state index contributed by atoms with van der Waals surface area (Å²) >= 11 is 0. The summed E-state index contributed by atoms with van der Waals surface area (Å²) in [6.07, 6.45) is -1.50. The van der Waals surface area contributed by atoms with Crippen molar-refractivity contribution in [3.63, 3.8) is 0 Å². The lowest BCUT2D eigenvalue weighted by Gasteiger charge is -2.13. The van der Waals surface area contributed by atoms with Gasteiger partial charge < -0.3 is 0 Å². The van der Waals surface area contributed by atoms with E-state index < -0.39 is 17.6 Å². The van der Waals surface area contributed by atoms with Gasteiger partial charge in [0.25, 0.3) is 5.91 Å². The van der Waals surface area contributed by atoms with Gasteiger partial charge in [-0.15, -0.1) is 0 Å². The number of hydrazine groups is 1. The SMILES string of the molecule is Cc1nn(-c2ccccc2C(F)(F)F)c2nc(-c3ccncc3)cc(C(=O)NN)c12. The molecule has 152 valence electrons. The van der Waals surface area contributed by atoms with E-state index in [-0.39, 0.29) is 16.9 Å². The fraction of sp³-hybridized carbons (Fsp3) is 0.100. The van der Waals surface area contributed by atoms with E-state index in [2.05, 4.69) is 20.5 Å². The predicted octanol–water partition coefficient (Wildman–Crippen LogP) is 3.41. The molecule has 0 aliphatic rings. The molecular weight excluding hydrogens is 397 g/mol. The Labute approximate surface area is 168 Å². The van der Waals surface area contributed by atoms with Gasteiger partial charge in [-0.3, -0.25) is 15.2 Å². The molecule has 4 aromatic rings. The molecule has 0 saturated carbocycles. The van der Waals surface area contributed by atoms with Crippen LogP contribution in [0.1, 0.15) is 21.6 Å². The van der Waals surface area contributed by atoms with Crippen LogP contribution in [0.25, 0.3) is 28.0 Å². The first kappa shape index (κ1) is 19.5. The molecule has 1 amide bonds. The lowest BCUT2D eigenvalue weighted by atomic mass is 10.1. The second-order valence-electron chi connectivity index (χ2n) is 6.48. The number of para-hydroxylation sites is 1. The first-order valence-electron chi connectivity index (χ1n) is 8.79. The number of hydrogen-bond donors (Lipinski definition) is 2. The smallest absolute Gasteiger partial charge is 0.290 e. The zero-order chi connectivity index (χ0) is 21.5. The van der Waals surface area contributed by atoms with Gasteiger partial charge >= 0.3 is 6.18 Å². The molecule has 0 saturated heterocycles. The van der Waals surface area contributed by atoms with Crippen LogP contribution in [0.2, 0.25) is 0 Å². The maximum atomic E-state index is 13.6. The molecule has 3 aromatic heterocycles. The van der Waals surface area contributed by atoms with E-state index in [1.165, 1.54) is 24.3 Å². The largest absolute Gasteiger partial charge is 0.418 e. The maximum Gasteiger partial charge on any atom is 0.418 e. The quantitative estimate of drug-likeness (QED) is 0.305. The molecule has 7 nitrogen and oxygen atoms in total. The van der Waals surface area contributed by atoms with Crippen molar-refractivity contribution in [2.75, 3.05) is 0 Å². The van der Waals surface area contributed by atoms with E-state index >= 15 is 0 Å². The number of benzene rings is 1. The number of alkyl halides is 3. The van der Waals surface area contributed by atoms with E-state index in [9.17, 15) is 18.0 Å². The number of hydrogen-bond acceptors (Lipinski definition) is 5. The Hall–Kier alpha value is -3.79.